The zero-order chi connectivity index (χ0) is 24.1. The first-order valence-corrected chi connectivity index (χ1v) is 13.5. The normalized spacial score (nSPS) is 38.5. The Balaban J connectivity index is 1.31. The number of rotatable bonds is 5. The predicted octanol–water partition coefficient (Wildman–Crippen LogP) is 6.32. The molecule has 5 rings (SSSR count). The van der Waals surface area contributed by atoms with Crippen LogP contribution in [-0.4, -0.2) is 23.1 Å². The zero-order valence-corrected chi connectivity index (χ0v) is 21.4. The zero-order valence-electron chi connectivity index (χ0n) is 21.4. The lowest BCUT2D eigenvalue weighted by molar-refractivity contribution is -0.154. The quantitative estimate of drug-likeness (QED) is 0.410. The maximum atomic E-state index is 12.6. The van der Waals surface area contributed by atoms with Crippen molar-refractivity contribution in [1.29, 1.82) is 0 Å². The lowest BCUT2D eigenvalue weighted by Gasteiger charge is -2.57. The Bertz CT molecular complexity index is 985. The van der Waals surface area contributed by atoms with Gasteiger partial charge in [0.15, 0.2) is 0 Å². The maximum absolute atomic E-state index is 12.6. The molecule has 1 heterocycles. The second-order valence-corrected chi connectivity index (χ2v) is 12.0. The Morgan fingerprint density at radius 3 is 2.71 bits per heavy atom. The summed E-state index contributed by atoms with van der Waals surface area (Å²) in [5.41, 5.74) is 11.0. The summed E-state index contributed by atoms with van der Waals surface area (Å²) in [7, 11) is 0. The highest BCUT2D eigenvalue weighted by molar-refractivity contribution is 5.76. The molecule has 4 aliphatic rings. The molecule has 0 aliphatic heterocycles. The summed E-state index contributed by atoms with van der Waals surface area (Å²) >= 11 is 0. The number of aromatic nitrogens is 1. The summed E-state index contributed by atoms with van der Waals surface area (Å²) in [5.74, 6) is 2.11. The number of nitrogens with zero attached hydrogens (tertiary/aromatic N) is 1. The van der Waals surface area contributed by atoms with Gasteiger partial charge in [0, 0.05) is 18.8 Å². The van der Waals surface area contributed by atoms with Crippen LogP contribution in [0.1, 0.15) is 84.6 Å². The van der Waals surface area contributed by atoms with E-state index in [0.29, 0.717) is 5.92 Å². The molecule has 8 atom stereocenters. The van der Waals surface area contributed by atoms with Crippen molar-refractivity contribution in [2.45, 2.75) is 91.2 Å². The fraction of sp³-hybridized carbons (Fsp3) is 0.667. The Labute approximate surface area is 205 Å². The molecular weight excluding hydrogens is 420 g/mol. The fourth-order valence-electron chi connectivity index (χ4n) is 7.99. The number of ether oxygens (including phenoxy) is 1. The molecule has 6 unspecified atom stereocenters. The van der Waals surface area contributed by atoms with Gasteiger partial charge in [0.2, 0.25) is 0 Å². The lowest BCUT2D eigenvalue weighted by Crippen LogP contribution is -2.50. The molecule has 1 aromatic heterocycles. The molecule has 0 aromatic carbocycles. The highest BCUT2D eigenvalue weighted by Crippen LogP contribution is 2.66. The summed E-state index contributed by atoms with van der Waals surface area (Å²) in [6.07, 6.45) is 17.7. The second kappa shape index (κ2) is 8.93. The molecule has 1 aromatic rings. The minimum absolute atomic E-state index is 0.0160. The van der Waals surface area contributed by atoms with Gasteiger partial charge < -0.3 is 10.5 Å². The van der Waals surface area contributed by atoms with Gasteiger partial charge in [-0.2, -0.15) is 0 Å². The summed E-state index contributed by atoms with van der Waals surface area (Å²) in [6, 6.07) is 3.79. The molecule has 0 radical (unpaired) electrons. The first-order valence-electron chi connectivity index (χ1n) is 13.5. The average Bonchev–Trinajstić information content (AvgIpc) is 3.21. The van der Waals surface area contributed by atoms with Gasteiger partial charge in [-0.1, -0.05) is 57.9 Å². The van der Waals surface area contributed by atoms with Crippen molar-refractivity contribution in [2.24, 2.45) is 40.2 Å². The monoisotopic (exact) mass is 462 g/mol. The van der Waals surface area contributed by atoms with Crippen LogP contribution in [0.3, 0.4) is 0 Å². The molecule has 4 nitrogen and oxygen atoms in total. The summed E-state index contributed by atoms with van der Waals surface area (Å²) in [5, 5.41) is 0. The van der Waals surface area contributed by atoms with Gasteiger partial charge >= 0.3 is 5.97 Å². The highest BCUT2D eigenvalue weighted by Gasteiger charge is 2.57. The number of carbonyl (C=O) groups is 1. The SMILES string of the molecule is CC[C@H](C)[C@H](N)C(=O)OC1CCC2(C)C(=CCC3C2CCC2(C)C(c4cccnc4)=CCC32)C1. The van der Waals surface area contributed by atoms with Crippen LogP contribution in [0.2, 0.25) is 0 Å². The first kappa shape index (κ1) is 23.8. The van der Waals surface area contributed by atoms with Crippen molar-refractivity contribution >= 4 is 11.5 Å². The van der Waals surface area contributed by atoms with E-state index in [-0.39, 0.29) is 28.8 Å². The van der Waals surface area contributed by atoms with Crippen molar-refractivity contribution in [1.82, 2.24) is 4.98 Å². The van der Waals surface area contributed by atoms with Crippen LogP contribution in [0, 0.1) is 34.5 Å². The molecule has 2 saturated carbocycles. The number of hydrogen-bond donors (Lipinski definition) is 1. The molecular formula is C30H42N2O2. The number of carbonyl (C=O) groups excluding carboxylic acids is 1. The lowest BCUT2D eigenvalue weighted by atomic mass is 9.47. The molecule has 4 aliphatic carbocycles. The van der Waals surface area contributed by atoms with Gasteiger partial charge in [-0.25, -0.2) is 0 Å². The van der Waals surface area contributed by atoms with E-state index in [1.54, 1.807) is 0 Å². The largest absolute Gasteiger partial charge is 0.461 e. The first-order chi connectivity index (χ1) is 16.3. The number of allylic oxidation sites excluding steroid dienone is 3. The number of nitrogens with two attached hydrogens (primary N) is 1. The maximum Gasteiger partial charge on any atom is 0.323 e. The van der Waals surface area contributed by atoms with Crippen LogP contribution in [0.5, 0.6) is 0 Å². The number of hydrogen-bond acceptors (Lipinski definition) is 4. The molecule has 0 spiro atoms. The molecule has 4 heteroatoms. The van der Waals surface area contributed by atoms with Crippen LogP contribution in [-0.2, 0) is 9.53 Å². The summed E-state index contributed by atoms with van der Waals surface area (Å²) in [6.45, 7) is 9.12. The van der Waals surface area contributed by atoms with E-state index in [2.05, 4.69) is 50.0 Å². The van der Waals surface area contributed by atoms with Gasteiger partial charge in [0.1, 0.15) is 12.1 Å². The fourth-order valence-corrected chi connectivity index (χ4v) is 7.99. The topological polar surface area (TPSA) is 65.2 Å². The van der Waals surface area contributed by atoms with E-state index in [1.807, 2.05) is 19.3 Å². The third-order valence-corrected chi connectivity index (χ3v) is 10.4. The van der Waals surface area contributed by atoms with Crippen LogP contribution in [0.25, 0.3) is 5.57 Å². The summed E-state index contributed by atoms with van der Waals surface area (Å²) in [4.78, 5) is 17.0. The van der Waals surface area contributed by atoms with E-state index < -0.39 is 6.04 Å². The highest BCUT2D eigenvalue weighted by atomic mass is 16.5. The summed E-state index contributed by atoms with van der Waals surface area (Å²) < 4.78 is 5.94. The van der Waals surface area contributed by atoms with Crippen molar-refractivity contribution in [2.75, 3.05) is 0 Å². The molecule has 34 heavy (non-hydrogen) atoms. The number of pyridine rings is 1. The third-order valence-electron chi connectivity index (χ3n) is 10.4. The van der Waals surface area contributed by atoms with Crippen molar-refractivity contribution in [3.63, 3.8) is 0 Å². The van der Waals surface area contributed by atoms with E-state index in [9.17, 15) is 4.79 Å². The Hall–Kier alpha value is -1.94. The molecule has 0 amide bonds. The minimum atomic E-state index is -0.511. The standard InChI is InChI=1S/C30H42N2O2/c1-5-19(2)27(31)28(33)34-22-12-14-29(3)21(17-22)8-9-23-25-11-10-24(20-7-6-16-32-18-20)30(25,4)15-13-26(23)29/h6-8,10,16,18-19,22-23,25-27H,5,9,11-15,17,31H2,1-4H3/t19-,22?,23?,25?,26?,27-,29?,30?/m0/s1. The molecule has 0 saturated heterocycles. The molecule has 184 valence electrons. The Kier molecular flexibility index (Phi) is 6.25. The van der Waals surface area contributed by atoms with Crippen molar-refractivity contribution in [3.8, 4) is 0 Å². The van der Waals surface area contributed by atoms with E-state index in [0.717, 1.165) is 43.9 Å². The van der Waals surface area contributed by atoms with Crippen LogP contribution in [0.15, 0.2) is 42.3 Å². The van der Waals surface area contributed by atoms with Gasteiger partial charge in [-0.3, -0.25) is 9.78 Å². The van der Waals surface area contributed by atoms with E-state index in [4.69, 9.17) is 10.5 Å². The van der Waals surface area contributed by atoms with Crippen molar-refractivity contribution < 1.29 is 9.53 Å². The number of fused-ring (bicyclic) bond motifs is 5. The Morgan fingerprint density at radius 1 is 1.18 bits per heavy atom. The predicted molar refractivity (Wildman–Crippen MR) is 137 cm³/mol. The number of esters is 1. The van der Waals surface area contributed by atoms with E-state index in [1.165, 1.54) is 36.0 Å². The Morgan fingerprint density at radius 2 is 1.97 bits per heavy atom. The minimum Gasteiger partial charge on any atom is -0.461 e. The van der Waals surface area contributed by atoms with Crippen LogP contribution in [0.4, 0.5) is 0 Å². The van der Waals surface area contributed by atoms with Gasteiger partial charge in [0.25, 0.3) is 0 Å². The second-order valence-electron chi connectivity index (χ2n) is 12.0. The van der Waals surface area contributed by atoms with Crippen LogP contribution >= 0.6 is 0 Å². The smallest absolute Gasteiger partial charge is 0.323 e. The molecule has 0 bridgehead atoms. The van der Waals surface area contributed by atoms with Crippen molar-refractivity contribution in [3.05, 3.63) is 47.8 Å². The molecule has 2 N–H and O–H groups in total. The van der Waals surface area contributed by atoms with Crippen LogP contribution < -0.4 is 5.73 Å². The third kappa shape index (κ3) is 3.77. The molecule has 2 fully saturated rings. The van der Waals surface area contributed by atoms with E-state index >= 15 is 0 Å². The van der Waals surface area contributed by atoms with Gasteiger partial charge in [-0.15, -0.1) is 0 Å². The van der Waals surface area contributed by atoms with Gasteiger partial charge in [0.05, 0.1) is 0 Å². The van der Waals surface area contributed by atoms with Gasteiger partial charge in [-0.05, 0) is 90.2 Å². The average molecular weight is 463 g/mol.